The number of esters is 1. The molecule has 0 bridgehead atoms. The highest BCUT2D eigenvalue weighted by molar-refractivity contribution is 5.97. The van der Waals surface area contributed by atoms with Crippen molar-refractivity contribution in [2.45, 2.75) is 0 Å². The van der Waals surface area contributed by atoms with Gasteiger partial charge in [-0.05, 0) is 23.8 Å². The number of carbonyl (C=O) groups is 3. The maximum absolute atomic E-state index is 12.9. The van der Waals surface area contributed by atoms with E-state index in [1.54, 1.807) is 6.07 Å². The zero-order chi connectivity index (χ0) is 15.2. The van der Waals surface area contributed by atoms with Crippen molar-refractivity contribution in [3.8, 4) is 0 Å². The summed E-state index contributed by atoms with van der Waals surface area (Å²) in [5.74, 6) is -1.74. The Labute approximate surface area is 120 Å². The van der Waals surface area contributed by atoms with Crippen LogP contribution >= 0.6 is 0 Å². The van der Waals surface area contributed by atoms with E-state index >= 15 is 0 Å². The summed E-state index contributed by atoms with van der Waals surface area (Å²) < 4.78 is 17.6. The predicted octanol–water partition coefficient (Wildman–Crippen LogP) is 0.934. The predicted molar refractivity (Wildman–Crippen MR) is 71.5 cm³/mol. The second-order valence-corrected chi connectivity index (χ2v) is 4.27. The summed E-state index contributed by atoms with van der Waals surface area (Å²) in [7, 11) is 0. The minimum Gasteiger partial charge on any atom is -0.452 e. The van der Waals surface area contributed by atoms with Crippen LogP contribution in [0.1, 0.15) is 5.56 Å². The molecule has 2 rings (SSSR count). The van der Waals surface area contributed by atoms with E-state index in [-0.39, 0.29) is 6.54 Å². The van der Waals surface area contributed by atoms with E-state index in [0.29, 0.717) is 12.1 Å². The Kier molecular flexibility index (Phi) is 4.65. The topological polar surface area (TPSA) is 75.7 Å². The fourth-order valence-corrected chi connectivity index (χ4v) is 1.74. The van der Waals surface area contributed by atoms with Gasteiger partial charge in [0, 0.05) is 19.2 Å². The number of hydrogen-bond acceptors (Lipinski definition) is 4. The molecule has 1 aliphatic rings. The third-order valence-corrected chi connectivity index (χ3v) is 2.76. The number of halogens is 1. The van der Waals surface area contributed by atoms with Gasteiger partial charge >= 0.3 is 12.0 Å². The Bertz CT molecular complexity index is 600. The van der Waals surface area contributed by atoms with Crippen LogP contribution in [0.15, 0.2) is 30.3 Å². The van der Waals surface area contributed by atoms with Crippen LogP contribution in [0.3, 0.4) is 0 Å². The van der Waals surface area contributed by atoms with Crippen LogP contribution in [0.4, 0.5) is 9.18 Å². The monoisotopic (exact) mass is 292 g/mol. The van der Waals surface area contributed by atoms with Gasteiger partial charge in [-0.1, -0.05) is 12.1 Å². The lowest BCUT2D eigenvalue weighted by Crippen LogP contribution is -2.37. The normalized spacial score (nSPS) is 14.3. The van der Waals surface area contributed by atoms with Gasteiger partial charge in [0.25, 0.3) is 5.91 Å². The summed E-state index contributed by atoms with van der Waals surface area (Å²) in [6.07, 6.45) is 2.46. The molecular formula is C14H13FN2O4. The molecule has 110 valence electrons. The van der Waals surface area contributed by atoms with Crippen LogP contribution in [0.25, 0.3) is 6.08 Å². The Balaban J connectivity index is 1.82. The lowest BCUT2D eigenvalue weighted by molar-refractivity contribution is -0.146. The Morgan fingerprint density at radius 1 is 1.43 bits per heavy atom. The van der Waals surface area contributed by atoms with Crippen molar-refractivity contribution in [1.29, 1.82) is 0 Å². The molecule has 1 aliphatic heterocycles. The Morgan fingerprint density at radius 3 is 2.90 bits per heavy atom. The van der Waals surface area contributed by atoms with Gasteiger partial charge in [0.05, 0.1) is 0 Å². The Morgan fingerprint density at radius 2 is 2.24 bits per heavy atom. The van der Waals surface area contributed by atoms with E-state index in [1.807, 2.05) is 0 Å². The zero-order valence-corrected chi connectivity index (χ0v) is 11.0. The number of urea groups is 1. The van der Waals surface area contributed by atoms with Gasteiger partial charge in [-0.2, -0.15) is 0 Å². The molecule has 1 heterocycles. The van der Waals surface area contributed by atoms with Gasteiger partial charge in [0.15, 0.2) is 6.61 Å². The third kappa shape index (κ3) is 4.13. The number of ether oxygens (including phenoxy) is 1. The lowest BCUT2D eigenvalue weighted by atomic mass is 10.2. The molecule has 1 saturated heterocycles. The van der Waals surface area contributed by atoms with Gasteiger partial charge in [0.1, 0.15) is 5.82 Å². The van der Waals surface area contributed by atoms with Crippen molar-refractivity contribution in [2.75, 3.05) is 19.7 Å². The van der Waals surface area contributed by atoms with Crippen LogP contribution in [0.2, 0.25) is 0 Å². The molecule has 0 atom stereocenters. The molecule has 0 radical (unpaired) electrons. The molecular weight excluding hydrogens is 279 g/mol. The minimum absolute atomic E-state index is 0.258. The van der Waals surface area contributed by atoms with Crippen molar-refractivity contribution in [3.05, 3.63) is 41.7 Å². The zero-order valence-electron chi connectivity index (χ0n) is 11.0. The number of rotatable bonds is 4. The first kappa shape index (κ1) is 14.7. The van der Waals surface area contributed by atoms with Crippen LogP contribution in [-0.2, 0) is 14.3 Å². The maximum atomic E-state index is 12.9. The molecule has 0 unspecified atom stereocenters. The maximum Gasteiger partial charge on any atom is 0.331 e. The second-order valence-electron chi connectivity index (χ2n) is 4.27. The van der Waals surface area contributed by atoms with E-state index in [4.69, 9.17) is 4.74 Å². The number of imide groups is 1. The lowest BCUT2D eigenvalue weighted by Gasteiger charge is -2.11. The van der Waals surface area contributed by atoms with Crippen molar-refractivity contribution in [3.63, 3.8) is 0 Å². The average Bonchev–Trinajstić information content (AvgIpc) is 2.89. The molecule has 0 aromatic heterocycles. The molecule has 0 aliphatic carbocycles. The van der Waals surface area contributed by atoms with Gasteiger partial charge in [0.2, 0.25) is 0 Å². The number of nitrogens with zero attached hydrogens (tertiary/aromatic N) is 1. The van der Waals surface area contributed by atoms with Gasteiger partial charge in [-0.25, -0.2) is 14.0 Å². The van der Waals surface area contributed by atoms with Gasteiger partial charge in [-0.3, -0.25) is 9.69 Å². The smallest absolute Gasteiger partial charge is 0.331 e. The molecule has 0 saturated carbocycles. The summed E-state index contributed by atoms with van der Waals surface area (Å²) in [5, 5.41) is 2.47. The fourth-order valence-electron chi connectivity index (χ4n) is 1.74. The van der Waals surface area contributed by atoms with E-state index in [9.17, 15) is 18.8 Å². The summed E-state index contributed by atoms with van der Waals surface area (Å²) in [4.78, 5) is 35.2. The van der Waals surface area contributed by atoms with E-state index < -0.39 is 30.3 Å². The molecule has 3 amide bonds. The first-order chi connectivity index (χ1) is 10.1. The molecule has 1 aromatic rings. The standard InChI is InChI=1S/C14H13FN2O4/c15-11-3-1-2-10(8-11)4-5-13(19)21-9-12(18)17-7-6-16-14(17)20/h1-5,8H,6-7,9H2,(H,16,20)/b5-4+. The quantitative estimate of drug-likeness (QED) is 0.662. The highest BCUT2D eigenvalue weighted by Gasteiger charge is 2.26. The molecule has 1 aromatic carbocycles. The number of nitrogens with one attached hydrogen (secondary N) is 1. The van der Waals surface area contributed by atoms with E-state index in [1.165, 1.54) is 24.3 Å². The molecule has 6 nitrogen and oxygen atoms in total. The molecule has 21 heavy (non-hydrogen) atoms. The highest BCUT2D eigenvalue weighted by Crippen LogP contribution is 2.05. The molecule has 7 heteroatoms. The van der Waals surface area contributed by atoms with Crippen LogP contribution in [0, 0.1) is 5.82 Å². The largest absolute Gasteiger partial charge is 0.452 e. The molecule has 1 N–H and O–H groups in total. The first-order valence-corrected chi connectivity index (χ1v) is 6.25. The van der Waals surface area contributed by atoms with Gasteiger partial charge < -0.3 is 10.1 Å². The van der Waals surface area contributed by atoms with Crippen molar-refractivity contribution < 1.29 is 23.5 Å². The second kappa shape index (κ2) is 6.65. The summed E-state index contributed by atoms with van der Waals surface area (Å²) in [5.41, 5.74) is 0.497. The fraction of sp³-hybridized carbons (Fsp3) is 0.214. The SMILES string of the molecule is O=C(/C=C/c1cccc(F)c1)OCC(=O)N1CCNC1=O. The highest BCUT2D eigenvalue weighted by atomic mass is 19.1. The number of benzene rings is 1. The summed E-state index contributed by atoms with van der Waals surface area (Å²) >= 11 is 0. The van der Waals surface area contributed by atoms with Crippen molar-refractivity contribution >= 4 is 24.0 Å². The van der Waals surface area contributed by atoms with Crippen LogP contribution in [0.5, 0.6) is 0 Å². The van der Waals surface area contributed by atoms with Gasteiger partial charge in [-0.15, -0.1) is 0 Å². The minimum atomic E-state index is -0.743. The Hall–Kier alpha value is -2.70. The summed E-state index contributed by atoms with van der Waals surface area (Å²) in [6.45, 7) is 0.131. The van der Waals surface area contributed by atoms with Crippen LogP contribution < -0.4 is 5.32 Å². The third-order valence-electron chi connectivity index (χ3n) is 2.76. The molecule has 1 fully saturated rings. The number of hydrogen-bond donors (Lipinski definition) is 1. The summed E-state index contributed by atoms with van der Waals surface area (Å²) in [6, 6.07) is 5.17. The number of carbonyl (C=O) groups excluding carboxylic acids is 3. The number of amides is 3. The van der Waals surface area contributed by atoms with E-state index in [2.05, 4.69) is 5.32 Å². The average molecular weight is 292 g/mol. The van der Waals surface area contributed by atoms with Crippen molar-refractivity contribution in [2.24, 2.45) is 0 Å². The van der Waals surface area contributed by atoms with Crippen LogP contribution in [-0.4, -0.2) is 42.5 Å². The van der Waals surface area contributed by atoms with Crippen molar-refractivity contribution in [1.82, 2.24) is 10.2 Å². The first-order valence-electron chi connectivity index (χ1n) is 6.25. The molecule has 0 spiro atoms. The van der Waals surface area contributed by atoms with E-state index in [0.717, 1.165) is 11.0 Å².